The molecule has 0 spiro atoms. The normalized spacial score (nSPS) is 9.86. The maximum absolute atomic E-state index is 11.7. The molecule has 1 heterocycles. The summed E-state index contributed by atoms with van der Waals surface area (Å²) in [6.07, 6.45) is 2.12. The summed E-state index contributed by atoms with van der Waals surface area (Å²) in [5, 5.41) is 0. The molecular formula is C11H16N2O. The molecule has 1 aromatic rings. The Balaban J connectivity index is 2.57. The van der Waals surface area contributed by atoms with Crippen molar-refractivity contribution in [3.63, 3.8) is 0 Å². The van der Waals surface area contributed by atoms with Crippen molar-refractivity contribution in [3.05, 3.63) is 30.1 Å². The first-order valence-corrected chi connectivity index (χ1v) is 4.95. The van der Waals surface area contributed by atoms with E-state index in [1.807, 2.05) is 36.9 Å². The first-order chi connectivity index (χ1) is 6.77. The Morgan fingerprint density at radius 3 is 2.57 bits per heavy atom. The molecule has 0 aliphatic heterocycles. The minimum Gasteiger partial charge on any atom is -0.343 e. The third-order valence-corrected chi connectivity index (χ3v) is 2.17. The van der Waals surface area contributed by atoms with Crippen molar-refractivity contribution in [1.29, 1.82) is 0 Å². The van der Waals surface area contributed by atoms with Crippen molar-refractivity contribution in [2.75, 3.05) is 13.1 Å². The molecule has 76 valence electrons. The van der Waals surface area contributed by atoms with Gasteiger partial charge in [-0.2, -0.15) is 0 Å². The summed E-state index contributed by atoms with van der Waals surface area (Å²) in [5.41, 5.74) is 0.837. The highest BCUT2D eigenvalue weighted by atomic mass is 16.2. The second kappa shape index (κ2) is 5.37. The van der Waals surface area contributed by atoms with E-state index in [0.29, 0.717) is 6.42 Å². The first kappa shape index (κ1) is 10.7. The summed E-state index contributed by atoms with van der Waals surface area (Å²) < 4.78 is 0. The van der Waals surface area contributed by atoms with E-state index in [0.717, 1.165) is 18.8 Å². The molecule has 0 bridgehead atoms. The van der Waals surface area contributed by atoms with E-state index >= 15 is 0 Å². The van der Waals surface area contributed by atoms with Gasteiger partial charge < -0.3 is 4.90 Å². The van der Waals surface area contributed by atoms with Crippen LogP contribution in [0.4, 0.5) is 0 Å². The van der Waals surface area contributed by atoms with Crippen LogP contribution < -0.4 is 0 Å². The number of hydrogen-bond donors (Lipinski definition) is 0. The van der Waals surface area contributed by atoms with Crippen molar-refractivity contribution < 1.29 is 4.79 Å². The van der Waals surface area contributed by atoms with Gasteiger partial charge in [0.05, 0.1) is 6.42 Å². The van der Waals surface area contributed by atoms with Crippen LogP contribution in [-0.2, 0) is 11.2 Å². The molecule has 1 rings (SSSR count). The maximum atomic E-state index is 11.7. The van der Waals surface area contributed by atoms with Crippen LogP contribution in [0.2, 0.25) is 0 Å². The molecule has 0 unspecified atom stereocenters. The fourth-order valence-corrected chi connectivity index (χ4v) is 1.35. The predicted octanol–water partition coefficient (Wildman–Crippen LogP) is 1.49. The van der Waals surface area contributed by atoms with Gasteiger partial charge in [0.1, 0.15) is 0 Å². The monoisotopic (exact) mass is 192 g/mol. The Kier molecular flexibility index (Phi) is 4.11. The van der Waals surface area contributed by atoms with Crippen LogP contribution >= 0.6 is 0 Å². The zero-order chi connectivity index (χ0) is 10.4. The third kappa shape index (κ3) is 2.83. The zero-order valence-corrected chi connectivity index (χ0v) is 8.73. The molecule has 0 saturated carbocycles. The molecule has 14 heavy (non-hydrogen) atoms. The molecule has 3 nitrogen and oxygen atoms in total. The molecule has 3 heteroatoms. The summed E-state index contributed by atoms with van der Waals surface area (Å²) in [7, 11) is 0. The van der Waals surface area contributed by atoms with Crippen molar-refractivity contribution in [2.24, 2.45) is 0 Å². The molecule has 1 amide bonds. The third-order valence-electron chi connectivity index (χ3n) is 2.17. The van der Waals surface area contributed by atoms with Crippen molar-refractivity contribution in [1.82, 2.24) is 9.88 Å². The molecule has 0 aliphatic rings. The van der Waals surface area contributed by atoms with Crippen molar-refractivity contribution in [2.45, 2.75) is 20.3 Å². The van der Waals surface area contributed by atoms with Crippen molar-refractivity contribution in [3.8, 4) is 0 Å². The zero-order valence-electron chi connectivity index (χ0n) is 8.73. The van der Waals surface area contributed by atoms with E-state index in [1.54, 1.807) is 6.20 Å². The van der Waals surface area contributed by atoms with E-state index in [2.05, 4.69) is 4.98 Å². The fourth-order valence-electron chi connectivity index (χ4n) is 1.35. The van der Waals surface area contributed by atoms with E-state index in [9.17, 15) is 4.79 Å². The second-order valence-corrected chi connectivity index (χ2v) is 3.06. The van der Waals surface area contributed by atoms with Gasteiger partial charge in [-0.15, -0.1) is 0 Å². The highest BCUT2D eigenvalue weighted by Crippen LogP contribution is 1.99. The Hall–Kier alpha value is -1.38. The highest BCUT2D eigenvalue weighted by molar-refractivity contribution is 5.78. The minimum absolute atomic E-state index is 0.147. The molecule has 1 aromatic heterocycles. The van der Waals surface area contributed by atoms with E-state index < -0.39 is 0 Å². The number of aromatic nitrogens is 1. The van der Waals surface area contributed by atoms with Crippen LogP contribution in [-0.4, -0.2) is 28.9 Å². The van der Waals surface area contributed by atoms with Gasteiger partial charge in [-0.25, -0.2) is 0 Å². The molecule has 0 atom stereocenters. The van der Waals surface area contributed by atoms with Gasteiger partial charge in [0.25, 0.3) is 0 Å². The number of pyridine rings is 1. The number of hydrogen-bond acceptors (Lipinski definition) is 2. The van der Waals surface area contributed by atoms with Gasteiger partial charge in [-0.1, -0.05) is 6.07 Å². The number of carbonyl (C=O) groups is 1. The van der Waals surface area contributed by atoms with Gasteiger partial charge in [0.15, 0.2) is 0 Å². The molecule has 0 saturated heterocycles. The Morgan fingerprint density at radius 2 is 2.07 bits per heavy atom. The molecule has 0 radical (unpaired) electrons. The predicted molar refractivity (Wildman–Crippen MR) is 55.9 cm³/mol. The van der Waals surface area contributed by atoms with Crippen LogP contribution in [0.15, 0.2) is 24.4 Å². The van der Waals surface area contributed by atoms with E-state index in [1.165, 1.54) is 0 Å². The number of amides is 1. The summed E-state index contributed by atoms with van der Waals surface area (Å²) >= 11 is 0. The summed E-state index contributed by atoms with van der Waals surface area (Å²) in [6, 6.07) is 5.63. The quantitative estimate of drug-likeness (QED) is 0.724. The van der Waals surface area contributed by atoms with Crippen LogP contribution in [0.25, 0.3) is 0 Å². The smallest absolute Gasteiger partial charge is 0.228 e. The molecule has 0 aromatic carbocycles. The van der Waals surface area contributed by atoms with Crippen molar-refractivity contribution >= 4 is 5.91 Å². The van der Waals surface area contributed by atoms with Gasteiger partial charge >= 0.3 is 0 Å². The summed E-state index contributed by atoms with van der Waals surface area (Å²) in [6.45, 7) is 5.50. The largest absolute Gasteiger partial charge is 0.343 e. The Labute approximate surface area is 84.8 Å². The van der Waals surface area contributed by atoms with E-state index in [4.69, 9.17) is 0 Å². The molecule has 0 aliphatic carbocycles. The maximum Gasteiger partial charge on any atom is 0.228 e. The highest BCUT2D eigenvalue weighted by Gasteiger charge is 2.10. The van der Waals surface area contributed by atoms with Crippen LogP contribution in [0.1, 0.15) is 19.5 Å². The van der Waals surface area contributed by atoms with Gasteiger partial charge in [-0.3, -0.25) is 9.78 Å². The Bertz CT molecular complexity index is 281. The average molecular weight is 192 g/mol. The number of rotatable bonds is 4. The molecular weight excluding hydrogens is 176 g/mol. The molecule has 0 N–H and O–H groups in total. The summed E-state index contributed by atoms with van der Waals surface area (Å²) in [4.78, 5) is 17.6. The minimum atomic E-state index is 0.147. The topological polar surface area (TPSA) is 33.2 Å². The SMILES string of the molecule is CCN(CC)C(=O)Cc1ccccn1. The van der Waals surface area contributed by atoms with Crippen LogP contribution in [0, 0.1) is 0 Å². The number of likely N-dealkylation sites (N-methyl/N-ethyl adjacent to an activating group) is 1. The number of carbonyl (C=O) groups excluding carboxylic acids is 1. The van der Waals surface area contributed by atoms with E-state index in [-0.39, 0.29) is 5.91 Å². The number of nitrogens with zero attached hydrogens (tertiary/aromatic N) is 2. The standard InChI is InChI=1S/C11H16N2O/c1-3-13(4-2)11(14)9-10-7-5-6-8-12-10/h5-8H,3-4,9H2,1-2H3. The van der Waals surface area contributed by atoms with Crippen LogP contribution in [0.5, 0.6) is 0 Å². The lowest BCUT2D eigenvalue weighted by molar-refractivity contribution is -0.130. The summed E-state index contributed by atoms with van der Waals surface area (Å²) in [5.74, 6) is 0.147. The first-order valence-electron chi connectivity index (χ1n) is 4.95. The average Bonchev–Trinajstić information content (AvgIpc) is 2.21. The molecule has 0 fully saturated rings. The Morgan fingerprint density at radius 1 is 1.36 bits per heavy atom. The van der Waals surface area contributed by atoms with Gasteiger partial charge in [0, 0.05) is 25.0 Å². The van der Waals surface area contributed by atoms with Gasteiger partial charge in [0.2, 0.25) is 5.91 Å². The van der Waals surface area contributed by atoms with Crippen LogP contribution in [0.3, 0.4) is 0 Å². The lowest BCUT2D eigenvalue weighted by atomic mass is 10.2. The lowest BCUT2D eigenvalue weighted by Crippen LogP contribution is -2.31. The lowest BCUT2D eigenvalue weighted by Gasteiger charge is -2.18. The van der Waals surface area contributed by atoms with Gasteiger partial charge in [-0.05, 0) is 26.0 Å². The second-order valence-electron chi connectivity index (χ2n) is 3.06. The fraction of sp³-hybridized carbons (Fsp3) is 0.455.